The fraction of sp³-hybridized carbons (Fsp3) is 0.278. The van der Waals surface area contributed by atoms with E-state index in [0.29, 0.717) is 27.7 Å². The summed E-state index contributed by atoms with van der Waals surface area (Å²) in [6.45, 7) is 0.845. The minimum atomic E-state index is -2.71. The molecule has 0 aliphatic heterocycles. The minimum Gasteiger partial charge on any atom is -0.368 e. The number of nitrogens with one attached hydrogen (secondary N) is 2. The van der Waals surface area contributed by atoms with Crippen molar-refractivity contribution in [1.82, 2.24) is 34.1 Å². The first-order chi connectivity index (χ1) is 14.3. The van der Waals surface area contributed by atoms with Gasteiger partial charge in [0.2, 0.25) is 17.8 Å². The number of nitrogens with two attached hydrogens (primary N) is 1. The zero-order chi connectivity index (χ0) is 21.5. The van der Waals surface area contributed by atoms with E-state index in [-0.39, 0.29) is 11.9 Å². The lowest BCUT2D eigenvalue weighted by Crippen LogP contribution is -2.30. The van der Waals surface area contributed by atoms with Crippen LogP contribution in [0.15, 0.2) is 36.8 Å². The molecular weight excluding hydrogens is 394 g/mol. The van der Waals surface area contributed by atoms with E-state index in [0.717, 1.165) is 5.52 Å². The monoisotopic (exact) mass is 414 g/mol. The average molecular weight is 414 g/mol. The first-order valence-electron chi connectivity index (χ1n) is 9.05. The van der Waals surface area contributed by atoms with Gasteiger partial charge in [-0.3, -0.25) is 4.40 Å². The second-order valence-corrected chi connectivity index (χ2v) is 7.09. The Balaban J connectivity index is 1.67. The second kappa shape index (κ2) is 7.21. The van der Waals surface area contributed by atoms with Crippen LogP contribution in [0.1, 0.15) is 26.1 Å². The number of nitrogen functional groups attached to an aromatic ring is 1. The van der Waals surface area contributed by atoms with E-state index in [1.807, 2.05) is 22.7 Å². The molecule has 0 saturated heterocycles. The largest absolute Gasteiger partial charge is 0.368 e. The highest BCUT2D eigenvalue weighted by Gasteiger charge is 2.26. The smallest absolute Gasteiger partial charge is 0.333 e. The number of rotatable bonds is 6. The van der Waals surface area contributed by atoms with Gasteiger partial charge in [0.05, 0.1) is 22.9 Å². The summed E-state index contributed by atoms with van der Waals surface area (Å²) in [5.41, 5.74) is 7.07. The molecule has 4 rings (SSSR count). The Morgan fingerprint density at radius 2 is 1.93 bits per heavy atom. The van der Waals surface area contributed by atoms with Crippen LogP contribution in [0.3, 0.4) is 0 Å². The molecule has 156 valence electrons. The van der Waals surface area contributed by atoms with Gasteiger partial charge in [0.1, 0.15) is 0 Å². The van der Waals surface area contributed by atoms with Gasteiger partial charge in [-0.2, -0.15) is 28.8 Å². The molecule has 0 aromatic carbocycles. The van der Waals surface area contributed by atoms with Crippen LogP contribution in [0, 0.1) is 0 Å². The van der Waals surface area contributed by atoms with Gasteiger partial charge in [-0.25, -0.2) is 9.67 Å². The van der Waals surface area contributed by atoms with Crippen molar-refractivity contribution >= 4 is 23.4 Å². The van der Waals surface area contributed by atoms with Crippen LogP contribution in [0.4, 0.5) is 26.6 Å². The lowest BCUT2D eigenvalue weighted by molar-refractivity contribution is 0.0558. The fourth-order valence-electron chi connectivity index (χ4n) is 3.01. The Morgan fingerprint density at radius 1 is 1.13 bits per heavy atom. The number of imidazole rings is 1. The van der Waals surface area contributed by atoms with Crippen LogP contribution in [0.25, 0.3) is 16.9 Å². The van der Waals surface area contributed by atoms with E-state index in [1.54, 1.807) is 27.1 Å². The van der Waals surface area contributed by atoms with Gasteiger partial charge in [0.25, 0.3) is 0 Å². The third kappa shape index (κ3) is 3.58. The summed E-state index contributed by atoms with van der Waals surface area (Å²) >= 11 is 0. The third-order valence-electron chi connectivity index (χ3n) is 4.53. The van der Waals surface area contributed by atoms with Crippen LogP contribution < -0.4 is 16.4 Å². The van der Waals surface area contributed by atoms with Gasteiger partial charge < -0.3 is 16.4 Å². The quantitative estimate of drug-likeness (QED) is 0.440. The molecule has 0 spiro atoms. The van der Waals surface area contributed by atoms with Crippen molar-refractivity contribution in [3.8, 4) is 11.4 Å². The highest BCUT2D eigenvalue weighted by molar-refractivity contribution is 5.63. The topological polar surface area (TPSA) is 124 Å². The number of halogens is 2. The number of hydrogen-bond acceptors (Lipinski definition) is 8. The van der Waals surface area contributed by atoms with E-state index in [2.05, 4.69) is 35.7 Å². The molecule has 0 atom stereocenters. The summed E-state index contributed by atoms with van der Waals surface area (Å²) in [6.07, 6.45) is 4.80. The van der Waals surface area contributed by atoms with E-state index >= 15 is 0 Å². The second-order valence-electron chi connectivity index (χ2n) is 7.09. The predicted molar refractivity (Wildman–Crippen MR) is 108 cm³/mol. The maximum absolute atomic E-state index is 12.9. The SMILES string of the molecule is CNc1ncc2ccc(-c3nc(N)nc(NC(C)(C)c4ccn(C(F)F)n4)n3)cn12. The Kier molecular flexibility index (Phi) is 4.68. The Labute approximate surface area is 170 Å². The third-order valence-corrected chi connectivity index (χ3v) is 4.53. The number of hydrogen-bond donors (Lipinski definition) is 3. The van der Waals surface area contributed by atoms with Gasteiger partial charge in [-0.15, -0.1) is 0 Å². The molecule has 0 fully saturated rings. The Bertz CT molecular complexity index is 1200. The van der Waals surface area contributed by atoms with Gasteiger partial charge in [-0.05, 0) is 32.0 Å². The van der Waals surface area contributed by atoms with Gasteiger partial charge in [0.15, 0.2) is 5.82 Å². The molecule has 30 heavy (non-hydrogen) atoms. The van der Waals surface area contributed by atoms with Crippen molar-refractivity contribution in [3.05, 3.63) is 42.5 Å². The minimum absolute atomic E-state index is 0.0241. The molecule has 0 amide bonds. The molecule has 12 heteroatoms. The first-order valence-corrected chi connectivity index (χ1v) is 9.05. The van der Waals surface area contributed by atoms with Crippen LogP contribution >= 0.6 is 0 Å². The lowest BCUT2D eigenvalue weighted by atomic mass is 10.0. The van der Waals surface area contributed by atoms with Crippen LogP contribution in [0.2, 0.25) is 0 Å². The van der Waals surface area contributed by atoms with Crippen molar-refractivity contribution in [2.75, 3.05) is 23.4 Å². The molecule has 4 aromatic heterocycles. The van der Waals surface area contributed by atoms with Crippen molar-refractivity contribution in [1.29, 1.82) is 0 Å². The molecule has 10 nitrogen and oxygen atoms in total. The maximum atomic E-state index is 12.9. The zero-order valence-corrected chi connectivity index (χ0v) is 16.5. The van der Waals surface area contributed by atoms with E-state index in [1.165, 1.54) is 12.3 Å². The molecule has 4 heterocycles. The van der Waals surface area contributed by atoms with Crippen molar-refractivity contribution in [2.45, 2.75) is 25.9 Å². The normalized spacial score (nSPS) is 11.9. The summed E-state index contributed by atoms with van der Waals surface area (Å²) in [6, 6.07) is 5.25. The molecule has 4 aromatic rings. The fourth-order valence-corrected chi connectivity index (χ4v) is 3.01. The molecule has 0 unspecified atom stereocenters. The van der Waals surface area contributed by atoms with Crippen LogP contribution in [-0.4, -0.2) is 41.2 Å². The highest BCUT2D eigenvalue weighted by atomic mass is 19.3. The molecule has 0 saturated carbocycles. The number of anilines is 3. The Hall–Kier alpha value is -3.83. The number of pyridine rings is 1. The molecule has 0 aliphatic carbocycles. The zero-order valence-electron chi connectivity index (χ0n) is 16.5. The number of alkyl halides is 2. The maximum Gasteiger partial charge on any atom is 0.333 e. The summed E-state index contributed by atoms with van der Waals surface area (Å²) in [7, 11) is 1.78. The van der Waals surface area contributed by atoms with Crippen LogP contribution in [0.5, 0.6) is 0 Å². The van der Waals surface area contributed by atoms with Crippen molar-refractivity contribution in [2.24, 2.45) is 0 Å². The molecule has 4 N–H and O–H groups in total. The molecule has 0 radical (unpaired) electrons. The van der Waals surface area contributed by atoms with E-state index in [9.17, 15) is 8.78 Å². The van der Waals surface area contributed by atoms with E-state index < -0.39 is 12.1 Å². The Morgan fingerprint density at radius 3 is 2.63 bits per heavy atom. The highest BCUT2D eigenvalue weighted by Crippen LogP contribution is 2.26. The summed E-state index contributed by atoms with van der Waals surface area (Å²) in [5, 5.41) is 10.0. The lowest BCUT2D eigenvalue weighted by Gasteiger charge is -2.24. The summed E-state index contributed by atoms with van der Waals surface area (Å²) in [4.78, 5) is 17.1. The molecule has 0 bridgehead atoms. The standard InChI is InChI=1S/C18H20F2N10/c1-18(2,12-6-7-30(28-12)14(19)20)27-16-25-13(24-15(21)26-16)10-4-5-11-8-23-17(22-3)29(11)9-10/h4-9,14H,1-3H3,(H,22,23)(H3,21,24,25,26,27). The number of fused-ring (bicyclic) bond motifs is 1. The molecular formula is C18H20F2N10. The summed E-state index contributed by atoms with van der Waals surface area (Å²) in [5.74, 6) is 1.25. The van der Waals surface area contributed by atoms with Crippen molar-refractivity contribution in [3.63, 3.8) is 0 Å². The molecule has 0 aliphatic rings. The predicted octanol–water partition coefficient (Wildman–Crippen LogP) is 2.75. The average Bonchev–Trinajstić information content (AvgIpc) is 3.34. The van der Waals surface area contributed by atoms with Gasteiger partial charge >= 0.3 is 6.55 Å². The van der Waals surface area contributed by atoms with E-state index in [4.69, 9.17) is 5.73 Å². The summed E-state index contributed by atoms with van der Waals surface area (Å²) < 4.78 is 28.2. The van der Waals surface area contributed by atoms with Crippen molar-refractivity contribution < 1.29 is 8.78 Å². The number of nitrogens with zero attached hydrogens (tertiary/aromatic N) is 7. The van der Waals surface area contributed by atoms with Gasteiger partial charge in [-0.1, -0.05) is 0 Å². The first kappa shape index (κ1) is 19.5. The van der Waals surface area contributed by atoms with Gasteiger partial charge in [0, 0.05) is 25.0 Å². The van der Waals surface area contributed by atoms with Crippen LogP contribution in [-0.2, 0) is 5.54 Å². The number of aromatic nitrogens is 7.